The average molecular weight is 507 g/mol. The molecule has 0 bridgehead atoms. The van der Waals surface area contributed by atoms with E-state index in [1.807, 2.05) is 0 Å². The lowest BCUT2D eigenvalue weighted by Crippen LogP contribution is -1.99. The molecule has 0 N–H and O–H groups in total. The van der Waals surface area contributed by atoms with Crippen LogP contribution in [0, 0.1) is 11.8 Å². The summed E-state index contributed by atoms with van der Waals surface area (Å²) in [5, 5.41) is 0. The summed E-state index contributed by atoms with van der Waals surface area (Å²) in [5.41, 5.74) is 0. The highest BCUT2D eigenvalue weighted by Gasteiger charge is 2.06. The van der Waals surface area contributed by atoms with Crippen LogP contribution < -0.4 is 0 Å². The molecule has 218 valence electrons. The highest BCUT2D eigenvalue weighted by Crippen LogP contribution is 2.22. The first-order valence-electron chi connectivity index (χ1n) is 17.7. The van der Waals surface area contributed by atoms with E-state index >= 15 is 0 Å². The Morgan fingerprint density at radius 1 is 0.250 bits per heavy atom. The maximum absolute atomic E-state index is 2.50. The number of hydrogen-bond donors (Lipinski definition) is 0. The second kappa shape index (κ2) is 31.2. The van der Waals surface area contributed by atoms with Gasteiger partial charge >= 0.3 is 0 Å². The zero-order valence-corrected chi connectivity index (χ0v) is 26.4. The van der Waals surface area contributed by atoms with Crippen molar-refractivity contribution in [1.29, 1.82) is 0 Å². The van der Waals surface area contributed by atoms with Crippen LogP contribution in [0.4, 0.5) is 0 Å². The van der Waals surface area contributed by atoms with E-state index in [2.05, 4.69) is 27.7 Å². The lowest BCUT2D eigenvalue weighted by molar-refractivity contribution is 0.391. The summed E-state index contributed by atoms with van der Waals surface area (Å²) in [6.45, 7) is 9.61. The number of rotatable bonds is 31. The van der Waals surface area contributed by atoms with Crippen molar-refractivity contribution in [3.05, 3.63) is 0 Å². The fourth-order valence-corrected chi connectivity index (χ4v) is 5.95. The van der Waals surface area contributed by atoms with Crippen LogP contribution in [0.2, 0.25) is 0 Å². The van der Waals surface area contributed by atoms with Gasteiger partial charge in [-0.3, -0.25) is 0 Å². The van der Waals surface area contributed by atoms with E-state index in [1.165, 1.54) is 193 Å². The maximum Gasteiger partial charge on any atom is -0.0443 e. The summed E-state index contributed by atoms with van der Waals surface area (Å²) in [7, 11) is 0. The van der Waals surface area contributed by atoms with Gasteiger partial charge in [0.25, 0.3) is 0 Å². The average Bonchev–Trinajstić information content (AvgIpc) is 2.87. The van der Waals surface area contributed by atoms with Crippen LogP contribution in [-0.2, 0) is 0 Å². The van der Waals surface area contributed by atoms with Gasteiger partial charge in [0.05, 0.1) is 0 Å². The minimum atomic E-state index is 0.956. The van der Waals surface area contributed by atoms with Crippen LogP contribution >= 0.6 is 0 Å². The third-order valence-corrected chi connectivity index (χ3v) is 8.74. The minimum Gasteiger partial charge on any atom is -0.0654 e. The Balaban J connectivity index is 3.19. The van der Waals surface area contributed by atoms with Crippen molar-refractivity contribution in [3.8, 4) is 0 Å². The third kappa shape index (κ3) is 30.2. The van der Waals surface area contributed by atoms with Crippen molar-refractivity contribution in [1.82, 2.24) is 0 Å². The summed E-state index contributed by atoms with van der Waals surface area (Å²) in [4.78, 5) is 0. The van der Waals surface area contributed by atoms with Gasteiger partial charge in [0.15, 0.2) is 0 Å². The zero-order chi connectivity index (χ0) is 26.4. The van der Waals surface area contributed by atoms with Crippen molar-refractivity contribution < 1.29 is 0 Å². The van der Waals surface area contributed by atoms with Crippen molar-refractivity contribution in [2.24, 2.45) is 11.8 Å². The molecule has 0 saturated heterocycles. The van der Waals surface area contributed by atoms with Gasteiger partial charge in [-0.1, -0.05) is 220 Å². The molecule has 0 radical (unpaired) electrons. The van der Waals surface area contributed by atoms with E-state index in [4.69, 9.17) is 0 Å². The molecule has 0 aromatic heterocycles. The Morgan fingerprint density at radius 3 is 0.694 bits per heavy atom. The van der Waals surface area contributed by atoms with Crippen LogP contribution in [0.15, 0.2) is 0 Å². The van der Waals surface area contributed by atoms with Crippen LogP contribution in [0.25, 0.3) is 0 Å². The zero-order valence-electron chi connectivity index (χ0n) is 26.4. The van der Waals surface area contributed by atoms with E-state index < -0.39 is 0 Å². The molecule has 0 fully saturated rings. The van der Waals surface area contributed by atoms with E-state index in [1.54, 1.807) is 0 Å². The Labute approximate surface area is 232 Å². The van der Waals surface area contributed by atoms with Gasteiger partial charge < -0.3 is 0 Å². The minimum absolute atomic E-state index is 0.956. The van der Waals surface area contributed by atoms with Crippen LogP contribution in [-0.4, -0.2) is 0 Å². The number of unbranched alkanes of at least 4 members (excludes halogenated alkanes) is 23. The summed E-state index contributed by atoms with van der Waals surface area (Å²) in [5.74, 6) is 1.91. The molecular weight excluding hydrogens is 432 g/mol. The van der Waals surface area contributed by atoms with Gasteiger partial charge in [0, 0.05) is 0 Å². The largest absolute Gasteiger partial charge is 0.0654 e. The quantitative estimate of drug-likeness (QED) is 0.0820. The van der Waals surface area contributed by atoms with Crippen LogP contribution in [0.1, 0.15) is 220 Å². The SMILES string of the molecule is CCCCCCCCCCCCCCCCCCCCCCC(C)CCCC(C)CCCCCCC. The van der Waals surface area contributed by atoms with Gasteiger partial charge in [-0.05, 0) is 11.8 Å². The second-order valence-electron chi connectivity index (χ2n) is 12.9. The molecule has 0 aliphatic heterocycles. The molecule has 0 aromatic carbocycles. The van der Waals surface area contributed by atoms with Gasteiger partial charge in [0.1, 0.15) is 0 Å². The molecule has 36 heavy (non-hydrogen) atoms. The Morgan fingerprint density at radius 2 is 0.444 bits per heavy atom. The monoisotopic (exact) mass is 507 g/mol. The molecule has 0 aliphatic carbocycles. The second-order valence-corrected chi connectivity index (χ2v) is 12.9. The summed E-state index contributed by atoms with van der Waals surface area (Å²) in [6, 6.07) is 0. The topological polar surface area (TPSA) is 0 Å². The smallest absolute Gasteiger partial charge is 0.0443 e. The Hall–Kier alpha value is 0. The molecule has 2 unspecified atom stereocenters. The molecule has 0 heterocycles. The standard InChI is InChI=1S/C36H74/c1-5-7-9-11-12-13-14-15-16-17-18-19-20-21-22-23-24-25-27-29-32-36(4)34-30-33-35(3)31-28-26-10-8-6-2/h35-36H,5-34H2,1-4H3. The van der Waals surface area contributed by atoms with Crippen molar-refractivity contribution in [3.63, 3.8) is 0 Å². The summed E-state index contributed by atoms with van der Waals surface area (Å²) < 4.78 is 0. The van der Waals surface area contributed by atoms with Crippen molar-refractivity contribution in [2.75, 3.05) is 0 Å². The molecule has 0 rings (SSSR count). The lowest BCUT2D eigenvalue weighted by atomic mass is 9.92. The third-order valence-electron chi connectivity index (χ3n) is 8.74. The van der Waals surface area contributed by atoms with Gasteiger partial charge in [-0.15, -0.1) is 0 Å². The molecule has 0 aliphatic rings. The van der Waals surface area contributed by atoms with E-state index in [0.717, 1.165) is 11.8 Å². The Bertz CT molecular complexity index is 372. The highest BCUT2D eigenvalue weighted by atomic mass is 14.1. The normalized spacial score (nSPS) is 13.3. The lowest BCUT2D eigenvalue weighted by Gasteiger charge is -2.14. The summed E-state index contributed by atoms with van der Waals surface area (Å²) in [6.07, 6.45) is 44.1. The van der Waals surface area contributed by atoms with Crippen LogP contribution in [0.3, 0.4) is 0 Å². The predicted octanol–water partition coefficient (Wildman–Crippen LogP) is 14.0. The Kier molecular flexibility index (Phi) is 31.2. The molecule has 0 amide bonds. The van der Waals surface area contributed by atoms with E-state index in [9.17, 15) is 0 Å². The predicted molar refractivity (Wildman–Crippen MR) is 168 cm³/mol. The molecular formula is C36H74. The summed E-state index contributed by atoms with van der Waals surface area (Å²) >= 11 is 0. The molecule has 0 heteroatoms. The first-order chi connectivity index (χ1) is 17.7. The molecule has 0 spiro atoms. The van der Waals surface area contributed by atoms with Crippen molar-refractivity contribution >= 4 is 0 Å². The van der Waals surface area contributed by atoms with Crippen LogP contribution in [0.5, 0.6) is 0 Å². The number of hydrogen-bond acceptors (Lipinski definition) is 0. The molecule has 0 saturated carbocycles. The maximum atomic E-state index is 2.50. The first kappa shape index (κ1) is 36.0. The van der Waals surface area contributed by atoms with Gasteiger partial charge in [0.2, 0.25) is 0 Å². The molecule has 0 aromatic rings. The fraction of sp³-hybridized carbons (Fsp3) is 1.00. The molecule has 0 nitrogen and oxygen atoms in total. The first-order valence-corrected chi connectivity index (χ1v) is 17.7. The van der Waals surface area contributed by atoms with E-state index in [-0.39, 0.29) is 0 Å². The van der Waals surface area contributed by atoms with Gasteiger partial charge in [-0.2, -0.15) is 0 Å². The van der Waals surface area contributed by atoms with Gasteiger partial charge in [-0.25, -0.2) is 0 Å². The molecule has 2 atom stereocenters. The fourth-order valence-electron chi connectivity index (χ4n) is 5.95. The highest BCUT2D eigenvalue weighted by molar-refractivity contribution is 4.59. The van der Waals surface area contributed by atoms with Crippen molar-refractivity contribution in [2.45, 2.75) is 220 Å². The van der Waals surface area contributed by atoms with E-state index in [0.29, 0.717) is 0 Å².